The second-order valence-electron chi connectivity index (χ2n) is 5.75. The van der Waals surface area contributed by atoms with Crippen molar-refractivity contribution in [2.45, 2.75) is 0 Å². The molecule has 4 heteroatoms. The van der Waals surface area contributed by atoms with Crippen molar-refractivity contribution in [2.75, 3.05) is 11.6 Å². The molecule has 1 aliphatic heterocycles. The molecule has 24 heavy (non-hydrogen) atoms. The Morgan fingerprint density at radius 1 is 0.958 bits per heavy atom. The maximum Gasteiger partial charge on any atom is 0.335 e. The van der Waals surface area contributed by atoms with Gasteiger partial charge in [-0.15, -0.1) is 0 Å². The van der Waals surface area contributed by atoms with Crippen molar-refractivity contribution in [3.63, 3.8) is 0 Å². The number of hydrazine groups is 1. The number of fused-ring (bicyclic) bond motifs is 1. The summed E-state index contributed by atoms with van der Waals surface area (Å²) in [5, 5.41) is 13.4. The van der Waals surface area contributed by atoms with Crippen molar-refractivity contribution in [2.24, 2.45) is 0 Å². The fraction of sp³-hybridized carbons (Fsp3) is 0.0500. The summed E-state index contributed by atoms with van der Waals surface area (Å²) in [4.78, 5) is 10.9. The van der Waals surface area contributed by atoms with Crippen molar-refractivity contribution >= 4 is 28.1 Å². The lowest BCUT2D eigenvalue weighted by Crippen LogP contribution is -2.31. The zero-order chi connectivity index (χ0) is 16.5. The van der Waals surface area contributed by atoms with E-state index in [1.54, 1.807) is 12.1 Å². The molecular formula is C20H16N2O2. The summed E-state index contributed by atoms with van der Waals surface area (Å²) in [5.41, 5.74) is 6.81. The van der Waals surface area contributed by atoms with Crippen LogP contribution in [0, 0.1) is 0 Å². The summed E-state index contributed by atoms with van der Waals surface area (Å²) >= 11 is 0. The predicted molar refractivity (Wildman–Crippen MR) is 95.8 cm³/mol. The van der Waals surface area contributed by atoms with Gasteiger partial charge in [-0.3, -0.25) is 10.4 Å². The second-order valence-corrected chi connectivity index (χ2v) is 5.75. The molecule has 0 atom stereocenters. The Hall–Kier alpha value is -3.27. The molecule has 1 aliphatic rings. The summed E-state index contributed by atoms with van der Waals surface area (Å²) in [7, 11) is 0. The van der Waals surface area contributed by atoms with Crippen molar-refractivity contribution in [3.8, 4) is 0 Å². The van der Waals surface area contributed by atoms with Gasteiger partial charge in [-0.25, -0.2) is 4.79 Å². The first-order valence-electron chi connectivity index (χ1n) is 7.77. The average molecular weight is 316 g/mol. The van der Waals surface area contributed by atoms with Crippen LogP contribution in [0.2, 0.25) is 0 Å². The van der Waals surface area contributed by atoms with Gasteiger partial charge in [0.05, 0.1) is 23.5 Å². The van der Waals surface area contributed by atoms with Crippen LogP contribution >= 0.6 is 0 Å². The maximum atomic E-state index is 10.9. The van der Waals surface area contributed by atoms with Crippen LogP contribution in [0.15, 0.2) is 72.8 Å². The number of nitrogens with one attached hydrogen (secondary N) is 1. The Morgan fingerprint density at radius 3 is 2.46 bits per heavy atom. The quantitative estimate of drug-likeness (QED) is 0.769. The van der Waals surface area contributed by atoms with Crippen LogP contribution in [0.25, 0.3) is 16.5 Å². The molecule has 3 aromatic rings. The van der Waals surface area contributed by atoms with E-state index in [1.807, 2.05) is 29.3 Å². The molecule has 0 amide bonds. The molecule has 0 aromatic heterocycles. The highest BCUT2D eigenvalue weighted by molar-refractivity contribution is 5.88. The SMILES string of the molecule is O=C(O)c1ccc(N2CC=C(c3ccc4ccccc4c3)N2)cc1. The highest BCUT2D eigenvalue weighted by Gasteiger charge is 2.15. The monoisotopic (exact) mass is 316 g/mol. The molecule has 0 spiro atoms. The third kappa shape index (κ3) is 2.58. The van der Waals surface area contributed by atoms with E-state index in [2.05, 4.69) is 41.8 Å². The Labute approximate surface area is 139 Å². The van der Waals surface area contributed by atoms with E-state index < -0.39 is 5.97 Å². The van der Waals surface area contributed by atoms with Gasteiger partial charge < -0.3 is 5.11 Å². The van der Waals surface area contributed by atoms with Crippen molar-refractivity contribution in [3.05, 3.63) is 83.9 Å². The number of carboxylic acids is 1. The smallest absolute Gasteiger partial charge is 0.335 e. The van der Waals surface area contributed by atoms with E-state index >= 15 is 0 Å². The molecule has 0 saturated carbocycles. The number of carboxylic acid groups (broad SMARTS) is 1. The highest BCUT2D eigenvalue weighted by Crippen LogP contribution is 2.25. The number of benzene rings is 3. The molecule has 4 nitrogen and oxygen atoms in total. The van der Waals surface area contributed by atoms with Gasteiger partial charge in [0, 0.05) is 0 Å². The lowest BCUT2D eigenvalue weighted by atomic mass is 10.1. The van der Waals surface area contributed by atoms with Crippen LogP contribution in [-0.2, 0) is 0 Å². The first kappa shape index (κ1) is 14.3. The minimum atomic E-state index is -0.911. The first-order chi connectivity index (χ1) is 11.7. The van der Waals surface area contributed by atoms with Crippen LogP contribution in [0.4, 0.5) is 5.69 Å². The number of hydrogen-bond acceptors (Lipinski definition) is 3. The summed E-state index contributed by atoms with van der Waals surface area (Å²) in [6.45, 7) is 0.731. The van der Waals surface area contributed by atoms with Crippen LogP contribution in [0.5, 0.6) is 0 Å². The maximum absolute atomic E-state index is 10.9. The molecule has 0 bridgehead atoms. The fourth-order valence-electron chi connectivity index (χ4n) is 2.91. The molecule has 1 heterocycles. The molecule has 118 valence electrons. The minimum Gasteiger partial charge on any atom is -0.478 e. The normalized spacial score (nSPS) is 13.7. The lowest BCUT2D eigenvalue weighted by molar-refractivity contribution is 0.0697. The van der Waals surface area contributed by atoms with Crippen LogP contribution in [0.3, 0.4) is 0 Å². The predicted octanol–water partition coefficient (Wildman–Crippen LogP) is 3.90. The van der Waals surface area contributed by atoms with Crippen LogP contribution in [0.1, 0.15) is 15.9 Å². The molecular weight excluding hydrogens is 300 g/mol. The summed E-state index contributed by atoms with van der Waals surface area (Å²) < 4.78 is 0. The van der Waals surface area contributed by atoms with Crippen LogP contribution < -0.4 is 10.4 Å². The zero-order valence-corrected chi connectivity index (χ0v) is 12.9. The number of nitrogens with zero attached hydrogens (tertiary/aromatic N) is 1. The minimum absolute atomic E-state index is 0.292. The Bertz CT molecular complexity index is 945. The fourth-order valence-corrected chi connectivity index (χ4v) is 2.91. The first-order valence-corrected chi connectivity index (χ1v) is 7.77. The van der Waals surface area contributed by atoms with Crippen molar-refractivity contribution < 1.29 is 9.90 Å². The summed E-state index contributed by atoms with van der Waals surface area (Å²) in [5.74, 6) is -0.911. The largest absolute Gasteiger partial charge is 0.478 e. The van der Waals surface area contributed by atoms with Gasteiger partial charge in [-0.05, 0) is 52.7 Å². The number of carbonyl (C=O) groups is 1. The standard InChI is InChI=1S/C20H16N2O2/c23-20(24)15-7-9-18(10-8-15)22-12-11-19(21-22)17-6-5-14-3-1-2-4-16(14)13-17/h1-11,13,21H,12H2,(H,23,24). The van der Waals surface area contributed by atoms with Gasteiger partial charge in [0.25, 0.3) is 0 Å². The van der Waals surface area contributed by atoms with E-state index in [4.69, 9.17) is 5.11 Å². The molecule has 0 fully saturated rings. The third-order valence-corrected chi connectivity index (χ3v) is 4.22. The molecule has 0 unspecified atom stereocenters. The topological polar surface area (TPSA) is 52.6 Å². The molecule has 4 rings (SSSR count). The Morgan fingerprint density at radius 2 is 1.71 bits per heavy atom. The number of hydrogen-bond donors (Lipinski definition) is 2. The van der Waals surface area contributed by atoms with E-state index in [0.29, 0.717) is 5.56 Å². The van der Waals surface area contributed by atoms with Gasteiger partial charge >= 0.3 is 5.97 Å². The van der Waals surface area contributed by atoms with E-state index in [1.165, 1.54) is 10.8 Å². The van der Waals surface area contributed by atoms with Gasteiger partial charge in [0.15, 0.2) is 0 Å². The molecule has 0 aliphatic carbocycles. The second kappa shape index (κ2) is 5.74. The molecule has 3 aromatic carbocycles. The zero-order valence-electron chi connectivity index (χ0n) is 12.9. The molecule has 2 N–H and O–H groups in total. The average Bonchev–Trinajstić information content (AvgIpc) is 3.11. The van der Waals surface area contributed by atoms with Gasteiger partial charge in [0.1, 0.15) is 0 Å². The van der Waals surface area contributed by atoms with E-state index in [-0.39, 0.29) is 0 Å². The highest BCUT2D eigenvalue weighted by atomic mass is 16.4. The third-order valence-electron chi connectivity index (χ3n) is 4.22. The van der Waals surface area contributed by atoms with E-state index in [0.717, 1.165) is 23.5 Å². The molecule has 0 radical (unpaired) electrons. The van der Waals surface area contributed by atoms with Gasteiger partial charge in [-0.1, -0.05) is 36.4 Å². The number of rotatable bonds is 3. The Kier molecular flexibility index (Phi) is 3.43. The Balaban J connectivity index is 1.55. The van der Waals surface area contributed by atoms with E-state index in [9.17, 15) is 4.79 Å². The van der Waals surface area contributed by atoms with Gasteiger partial charge in [0.2, 0.25) is 0 Å². The summed E-state index contributed by atoms with van der Waals surface area (Å²) in [6.07, 6.45) is 2.13. The number of aromatic carboxylic acids is 1. The van der Waals surface area contributed by atoms with Crippen LogP contribution in [-0.4, -0.2) is 17.6 Å². The number of anilines is 1. The lowest BCUT2D eigenvalue weighted by Gasteiger charge is -2.20. The van der Waals surface area contributed by atoms with Crippen molar-refractivity contribution in [1.82, 2.24) is 5.43 Å². The van der Waals surface area contributed by atoms with Gasteiger partial charge in [-0.2, -0.15) is 0 Å². The molecule has 0 saturated heterocycles. The van der Waals surface area contributed by atoms with Crippen molar-refractivity contribution in [1.29, 1.82) is 0 Å². The summed E-state index contributed by atoms with van der Waals surface area (Å²) in [6, 6.07) is 21.6.